The van der Waals surface area contributed by atoms with Crippen LogP contribution in [-0.2, 0) is 17.6 Å². The van der Waals surface area contributed by atoms with Gasteiger partial charge in [-0.25, -0.2) is 0 Å². The number of aryl methyl sites for hydroxylation is 1. The van der Waals surface area contributed by atoms with Gasteiger partial charge in [0.2, 0.25) is 0 Å². The molecule has 1 N–H and O–H groups in total. The van der Waals surface area contributed by atoms with Crippen LogP contribution in [0.3, 0.4) is 0 Å². The van der Waals surface area contributed by atoms with E-state index < -0.39 is 5.97 Å². The lowest BCUT2D eigenvalue weighted by Crippen LogP contribution is -2.05. The molecule has 0 unspecified atom stereocenters. The van der Waals surface area contributed by atoms with E-state index >= 15 is 0 Å². The van der Waals surface area contributed by atoms with Crippen molar-refractivity contribution in [2.45, 2.75) is 19.8 Å². The molecule has 1 aromatic carbocycles. The Hall–Kier alpha value is -1.42. The molecule has 0 saturated carbocycles. The van der Waals surface area contributed by atoms with E-state index in [1.807, 2.05) is 6.92 Å². The third-order valence-electron chi connectivity index (χ3n) is 2.46. The number of carboxylic acid groups (broad SMARTS) is 1. The molecule has 1 aromatic rings. The topological polar surface area (TPSA) is 55.8 Å². The zero-order chi connectivity index (χ0) is 13.0. The van der Waals surface area contributed by atoms with Gasteiger partial charge in [0.15, 0.2) is 0 Å². The summed E-state index contributed by atoms with van der Waals surface area (Å²) in [6, 6.07) is 1.76. The first-order chi connectivity index (χ1) is 8.04. The summed E-state index contributed by atoms with van der Waals surface area (Å²) in [6.45, 7) is 1.95. The average molecular weight is 259 g/mol. The maximum Gasteiger partial charge on any atom is 0.307 e. The molecular weight excluding hydrogens is 244 g/mol. The van der Waals surface area contributed by atoms with Crippen molar-refractivity contribution in [2.75, 3.05) is 14.2 Å². The fraction of sp³-hybridized carbons (Fsp3) is 0.417. The highest BCUT2D eigenvalue weighted by Gasteiger charge is 2.18. The van der Waals surface area contributed by atoms with Crippen LogP contribution >= 0.6 is 11.6 Å². The lowest BCUT2D eigenvalue weighted by atomic mass is 10.0. The summed E-state index contributed by atoms with van der Waals surface area (Å²) in [6.07, 6.45) is 0.583. The lowest BCUT2D eigenvalue weighted by Gasteiger charge is -2.15. The van der Waals surface area contributed by atoms with Gasteiger partial charge in [0, 0.05) is 5.56 Å². The molecule has 0 radical (unpaired) electrons. The molecule has 0 saturated heterocycles. The van der Waals surface area contributed by atoms with Crippen LogP contribution in [-0.4, -0.2) is 25.3 Å². The fourth-order valence-corrected chi connectivity index (χ4v) is 2.12. The number of aliphatic carboxylic acids is 1. The van der Waals surface area contributed by atoms with Gasteiger partial charge in [0.25, 0.3) is 0 Å². The summed E-state index contributed by atoms with van der Waals surface area (Å²) in [4.78, 5) is 10.8. The summed E-state index contributed by atoms with van der Waals surface area (Å²) in [5.74, 6) is -0.0186. The van der Waals surface area contributed by atoms with Crippen LogP contribution in [0, 0.1) is 0 Å². The van der Waals surface area contributed by atoms with Crippen LogP contribution in [0.4, 0.5) is 0 Å². The smallest absolute Gasteiger partial charge is 0.307 e. The molecule has 5 heteroatoms. The number of carboxylic acids is 1. The van der Waals surface area contributed by atoms with Gasteiger partial charge in [-0.05, 0) is 18.1 Å². The zero-order valence-corrected chi connectivity index (χ0v) is 10.8. The zero-order valence-electron chi connectivity index (χ0n) is 10.0. The maximum absolute atomic E-state index is 10.8. The second kappa shape index (κ2) is 5.77. The molecule has 0 aromatic heterocycles. The van der Waals surface area contributed by atoms with Crippen molar-refractivity contribution in [3.05, 3.63) is 22.2 Å². The Morgan fingerprint density at radius 3 is 2.24 bits per heavy atom. The Labute approximate surface area is 105 Å². The Morgan fingerprint density at radius 1 is 1.29 bits per heavy atom. The summed E-state index contributed by atoms with van der Waals surface area (Å²) >= 11 is 6.14. The first-order valence-corrected chi connectivity index (χ1v) is 5.56. The number of halogens is 1. The normalized spacial score (nSPS) is 10.1. The van der Waals surface area contributed by atoms with Gasteiger partial charge in [0.1, 0.15) is 16.5 Å². The molecule has 0 aliphatic carbocycles. The van der Waals surface area contributed by atoms with Crippen molar-refractivity contribution in [3.63, 3.8) is 0 Å². The molecule has 0 fully saturated rings. The largest absolute Gasteiger partial charge is 0.495 e. The first kappa shape index (κ1) is 13.6. The van der Waals surface area contributed by atoms with E-state index in [4.69, 9.17) is 26.2 Å². The van der Waals surface area contributed by atoms with Crippen molar-refractivity contribution < 1.29 is 19.4 Å². The molecule has 0 atom stereocenters. The van der Waals surface area contributed by atoms with Crippen molar-refractivity contribution >= 4 is 17.6 Å². The summed E-state index contributed by atoms with van der Waals surface area (Å²) in [5, 5.41) is 9.16. The molecule has 0 aliphatic heterocycles. The summed E-state index contributed by atoms with van der Waals surface area (Å²) < 4.78 is 10.4. The van der Waals surface area contributed by atoms with Crippen molar-refractivity contribution in [2.24, 2.45) is 0 Å². The SMILES string of the molecule is CCc1cc(CC(=O)O)c(OC)c(Cl)c1OC. The van der Waals surface area contributed by atoms with Crippen LogP contribution < -0.4 is 9.47 Å². The third-order valence-corrected chi connectivity index (χ3v) is 2.80. The number of carbonyl (C=O) groups is 1. The molecule has 0 heterocycles. The minimum Gasteiger partial charge on any atom is -0.495 e. The molecule has 0 amide bonds. The van der Waals surface area contributed by atoms with E-state index in [2.05, 4.69) is 0 Å². The Kier molecular flexibility index (Phi) is 4.63. The number of ether oxygens (including phenoxy) is 2. The van der Waals surface area contributed by atoms with E-state index in [9.17, 15) is 4.79 Å². The molecule has 0 spiro atoms. The third kappa shape index (κ3) is 2.82. The van der Waals surface area contributed by atoms with Gasteiger partial charge in [0.05, 0.1) is 20.6 Å². The number of hydrogen-bond donors (Lipinski definition) is 1. The van der Waals surface area contributed by atoms with Crippen LogP contribution in [0.15, 0.2) is 6.07 Å². The molecule has 1 rings (SSSR count). The van der Waals surface area contributed by atoms with Gasteiger partial charge in [-0.15, -0.1) is 0 Å². The van der Waals surface area contributed by atoms with Crippen molar-refractivity contribution in [3.8, 4) is 11.5 Å². The fourth-order valence-electron chi connectivity index (χ4n) is 1.72. The van der Waals surface area contributed by atoms with Crippen molar-refractivity contribution in [1.29, 1.82) is 0 Å². The second-order valence-electron chi connectivity index (χ2n) is 3.50. The number of benzene rings is 1. The summed E-state index contributed by atoms with van der Waals surface area (Å²) in [7, 11) is 2.98. The van der Waals surface area contributed by atoms with Crippen LogP contribution in [0.25, 0.3) is 0 Å². The number of hydrogen-bond acceptors (Lipinski definition) is 3. The average Bonchev–Trinajstić information content (AvgIpc) is 2.28. The molecule has 94 valence electrons. The monoisotopic (exact) mass is 258 g/mol. The van der Waals surface area contributed by atoms with Gasteiger partial charge in [-0.3, -0.25) is 4.79 Å². The van der Waals surface area contributed by atoms with E-state index in [1.54, 1.807) is 6.07 Å². The Balaban J connectivity index is 3.39. The van der Waals surface area contributed by atoms with Gasteiger partial charge >= 0.3 is 5.97 Å². The molecule has 0 bridgehead atoms. The highest BCUT2D eigenvalue weighted by atomic mass is 35.5. The van der Waals surface area contributed by atoms with Crippen LogP contribution in [0.2, 0.25) is 5.02 Å². The predicted octanol–water partition coefficient (Wildman–Crippen LogP) is 2.55. The van der Waals surface area contributed by atoms with E-state index in [0.29, 0.717) is 28.5 Å². The minimum absolute atomic E-state index is 0.125. The predicted molar refractivity (Wildman–Crippen MR) is 65.3 cm³/mol. The highest BCUT2D eigenvalue weighted by Crippen LogP contribution is 2.40. The number of rotatable bonds is 5. The standard InChI is InChI=1S/C12H15ClO4/c1-4-7-5-8(6-9(14)15)12(17-3)10(13)11(7)16-2/h5H,4,6H2,1-3H3,(H,14,15). The Bertz CT molecular complexity index is 429. The lowest BCUT2D eigenvalue weighted by molar-refractivity contribution is -0.136. The van der Waals surface area contributed by atoms with Gasteiger partial charge in [-0.1, -0.05) is 18.5 Å². The van der Waals surface area contributed by atoms with E-state index in [-0.39, 0.29) is 6.42 Å². The molecule has 0 aliphatic rings. The van der Waals surface area contributed by atoms with Gasteiger partial charge < -0.3 is 14.6 Å². The highest BCUT2D eigenvalue weighted by molar-refractivity contribution is 6.33. The number of methoxy groups -OCH3 is 2. The minimum atomic E-state index is -0.924. The van der Waals surface area contributed by atoms with Crippen molar-refractivity contribution in [1.82, 2.24) is 0 Å². The summed E-state index contributed by atoms with van der Waals surface area (Å²) in [5.41, 5.74) is 1.43. The molecule has 17 heavy (non-hydrogen) atoms. The van der Waals surface area contributed by atoms with E-state index in [0.717, 1.165) is 5.56 Å². The quantitative estimate of drug-likeness (QED) is 0.882. The maximum atomic E-state index is 10.8. The van der Waals surface area contributed by atoms with Gasteiger partial charge in [-0.2, -0.15) is 0 Å². The second-order valence-corrected chi connectivity index (χ2v) is 3.88. The van der Waals surface area contributed by atoms with Crippen LogP contribution in [0.1, 0.15) is 18.1 Å². The Morgan fingerprint density at radius 2 is 1.82 bits per heavy atom. The van der Waals surface area contributed by atoms with E-state index in [1.165, 1.54) is 14.2 Å². The first-order valence-electron chi connectivity index (χ1n) is 5.19. The molecular formula is C12H15ClO4. The molecule has 4 nitrogen and oxygen atoms in total. The van der Waals surface area contributed by atoms with Crippen LogP contribution in [0.5, 0.6) is 11.5 Å².